The first-order chi connectivity index (χ1) is 5.54. The van der Waals surface area contributed by atoms with Gasteiger partial charge in [-0.1, -0.05) is 25.3 Å². The predicted octanol–water partition coefficient (Wildman–Crippen LogP) is 2.89. The fraction of sp³-hybridized carbons (Fsp3) is 0.818. The lowest BCUT2D eigenvalue weighted by atomic mass is 9.83. The molecule has 0 radical (unpaired) electrons. The van der Waals surface area contributed by atoms with Gasteiger partial charge >= 0.3 is 0 Å². The summed E-state index contributed by atoms with van der Waals surface area (Å²) in [5, 5.41) is 10.2. The van der Waals surface area contributed by atoms with Crippen LogP contribution in [0.15, 0.2) is 12.2 Å². The zero-order valence-electron chi connectivity index (χ0n) is 8.27. The first-order valence-corrected chi connectivity index (χ1v) is 4.91. The first-order valence-electron chi connectivity index (χ1n) is 4.91. The SMILES string of the molecule is C=C(C)CC(C)C1(O)CCCC1. The number of rotatable bonds is 3. The Morgan fingerprint density at radius 3 is 2.42 bits per heavy atom. The van der Waals surface area contributed by atoms with E-state index in [1.807, 2.05) is 6.92 Å². The molecule has 1 heteroatoms. The average molecular weight is 168 g/mol. The molecule has 0 aromatic rings. The van der Waals surface area contributed by atoms with Crippen molar-refractivity contribution in [3.63, 3.8) is 0 Å². The van der Waals surface area contributed by atoms with Gasteiger partial charge in [-0.2, -0.15) is 0 Å². The van der Waals surface area contributed by atoms with Crippen LogP contribution in [0.5, 0.6) is 0 Å². The molecular weight excluding hydrogens is 148 g/mol. The Labute approximate surface area is 75.5 Å². The summed E-state index contributed by atoms with van der Waals surface area (Å²) in [7, 11) is 0. The number of aliphatic hydroxyl groups is 1. The number of hydrogen-bond acceptors (Lipinski definition) is 1. The number of allylic oxidation sites excluding steroid dienone is 1. The summed E-state index contributed by atoms with van der Waals surface area (Å²) < 4.78 is 0. The Bertz CT molecular complexity index is 166. The minimum absolute atomic E-state index is 0.376. The minimum Gasteiger partial charge on any atom is -0.390 e. The molecule has 1 nitrogen and oxygen atoms in total. The average Bonchev–Trinajstić information content (AvgIpc) is 2.36. The van der Waals surface area contributed by atoms with Crippen molar-refractivity contribution in [3.8, 4) is 0 Å². The molecule has 70 valence electrons. The second-order valence-electron chi connectivity index (χ2n) is 4.37. The van der Waals surface area contributed by atoms with Crippen LogP contribution in [-0.2, 0) is 0 Å². The van der Waals surface area contributed by atoms with Crippen LogP contribution < -0.4 is 0 Å². The van der Waals surface area contributed by atoms with E-state index in [-0.39, 0.29) is 5.60 Å². The van der Waals surface area contributed by atoms with Crippen molar-refractivity contribution in [3.05, 3.63) is 12.2 Å². The zero-order valence-corrected chi connectivity index (χ0v) is 8.27. The third-order valence-electron chi connectivity index (χ3n) is 3.04. The molecule has 12 heavy (non-hydrogen) atoms. The van der Waals surface area contributed by atoms with E-state index < -0.39 is 0 Å². The zero-order chi connectivity index (χ0) is 9.19. The molecule has 0 aromatic carbocycles. The molecule has 1 unspecified atom stereocenters. The van der Waals surface area contributed by atoms with Gasteiger partial charge in [0, 0.05) is 0 Å². The van der Waals surface area contributed by atoms with Gasteiger partial charge in [-0.05, 0) is 32.1 Å². The monoisotopic (exact) mass is 168 g/mol. The van der Waals surface area contributed by atoms with Crippen molar-refractivity contribution in [1.82, 2.24) is 0 Å². The molecule has 1 aliphatic carbocycles. The fourth-order valence-electron chi connectivity index (χ4n) is 2.19. The van der Waals surface area contributed by atoms with Gasteiger partial charge in [-0.3, -0.25) is 0 Å². The lowest BCUT2D eigenvalue weighted by molar-refractivity contribution is -0.00491. The highest BCUT2D eigenvalue weighted by Gasteiger charge is 2.36. The summed E-state index contributed by atoms with van der Waals surface area (Å²) >= 11 is 0. The van der Waals surface area contributed by atoms with Crippen molar-refractivity contribution in [1.29, 1.82) is 0 Å². The smallest absolute Gasteiger partial charge is 0.0676 e. The van der Waals surface area contributed by atoms with E-state index in [2.05, 4.69) is 13.5 Å². The molecule has 0 bridgehead atoms. The molecule has 0 aromatic heterocycles. The number of hydrogen-bond donors (Lipinski definition) is 1. The molecule has 1 fully saturated rings. The van der Waals surface area contributed by atoms with Gasteiger partial charge < -0.3 is 5.11 Å². The molecule has 1 atom stereocenters. The van der Waals surface area contributed by atoms with Crippen molar-refractivity contribution in [2.45, 2.75) is 51.6 Å². The van der Waals surface area contributed by atoms with E-state index in [1.165, 1.54) is 18.4 Å². The molecule has 0 saturated heterocycles. The van der Waals surface area contributed by atoms with E-state index in [9.17, 15) is 5.11 Å². The second kappa shape index (κ2) is 3.61. The lowest BCUT2D eigenvalue weighted by Gasteiger charge is -2.29. The topological polar surface area (TPSA) is 20.2 Å². The molecule has 1 saturated carbocycles. The standard InChI is InChI=1S/C11H20O/c1-9(2)8-10(3)11(12)6-4-5-7-11/h10,12H,1,4-8H2,2-3H3. The Hall–Kier alpha value is -0.300. The van der Waals surface area contributed by atoms with Gasteiger partial charge in [0.1, 0.15) is 0 Å². The maximum atomic E-state index is 10.2. The Morgan fingerprint density at radius 1 is 1.50 bits per heavy atom. The highest BCUT2D eigenvalue weighted by molar-refractivity contribution is 4.97. The van der Waals surface area contributed by atoms with E-state index in [1.54, 1.807) is 0 Å². The summed E-state index contributed by atoms with van der Waals surface area (Å²) in [5.41, 5.74) is 0.807. The van der Waals surface area contributed by atoms with Crippen molar-refractivity contribution in [2.75, 3.05) is 0 Å². The van der Waals surface area contributed by atoms with E-state index in [4.69, 9.17) is 0 Å². The van der Waals surface area contributed by atoms with Crippen LogP contribution in [0.2, 0.25) is 0 Å². The van der Waals surface area contributed by atoms with Crippen LogP contribution in [0.3, 0.4) is 0 Å². The summed E-state index contributed by atoms with van der Waals surface area (Å²) in [6, 6.07) is 0. The van der Waals surface area contributed by atoms with Crippen molar-refractivity contribution >= 4 is 0 Å². The van der Waals surface area contributed by atoms with Crippen LogP contribution in [0.25, 0.3) is 0 Å². The maximum Gasteiger partial charge on any atom is 0.0676 e. The van der Waals surface area contributed by atoms with Crippen molar-refractivity contribution in [2.24, 2.45) is 5.92 Å². The van der Waals surface area contributed by atoms with Gasteiger partial charge in [0.05, 0.1) is 5.60 Å². The highest BCUT2D eigenvalue weighted by atomic mass is 16.3. The van der Waals surface area contributed by atoms with Gasteiger partial charge in [0.2, 0.25) is 0 Å². The van der Waals surface area contributed by atoms with Crippen LogP contribution in [0.1, 0.15) is 46.0 Å². The van der Waals surface area contributed by atoms with Gasteiger partial charge in [-0.25, -0.2) is 0 Å². The largest absolute Gasteiger partial charge is 0.390 e. The maximum absolute atomic E-state index is 10.2. The third kappa shape index (κ3) is 2.10. The molecule has 0 spiro atoms. The molecule has 0 heterocycles. The lowest BCUT2D eigenvalue weighted by Crippen LogP contribution is -2.32. The molecular formula is C11H20O. The quantitative estimate of drug-likeness (QED) is 0.642. The summed E-state index contributed by atoms with van der Waals surface area (Å²) in [6.45, 7) is 8.06. The summed E-state index contributed by atoms with van der Waals surface area (Å²) in [4.78, 5) is 0. The molecule has 1 aliphatic rings. The van der Waals surface area contributed by atoms with E-state index >= 15 is 0 Å². The molecule has 1 N–H and O–H groups in total. The normalized spacial score (nSPS) is 23.9. The van der Waals surface area contributed by atoms with Crippen LogP contribution in [0, 0.1) is 5.92 Å². The van der Waals surface area contributed by atoms with E-state index in [0.29, 0.717) is 5.92 Å². The predicted molar refractivity (Wildman–Crippen MR) is 52.0 cm³/mol. The Kier molecular flexibility index (Phi) is 2.94. The molecule has 0 aliphatic heterocycles. The van der Waals surface area contributed by atoms with Gasteiger partial charge in [0.25, 0.3) is 0 Å². The summed E-state index contributed by atoms with van der Waals surface area (Å²) in [6.07, 6.45) is 5.33. The minimum atomic E-state index is -0.376. The summed E-state index contributed by atoms with van der Waals surface area (Å²) in [5.74, 6) is 0.387. The van der Waals surface area contributed by atoms with Crippen LogP contribution in [0.4, 0.5) is 0 Å². The van der Waals surface area contributed by atoms with Crippen LogP contribution in [-0.4, -0.2) is 10.7 Å². The first kappa shape index (κ1) is 9.79. The fourth-order valence-corrected chi connectivity index (χ4v) is 2.19. The van der Waals surface area contributed by atoms with Gasteiger partial charge in [0.15, 0.2) is 0 Å². The Morgan fingerprint density at radius 2 is 2.00 bits per heavy atom. The Balaban J connectivity index is 2.49. The third-order valence-corrected chi connectivity index (χ3v) is 3.04. The van der Waals surface area contributed by atoms with Gasteiger partial charge in [-0.15, -0.1) is 6.58 Å². The van der Waals surface area contributed by atoms with Crippen molar-refractivity contribution < 1.29 is 5.11 Å². The molecule has 0 amide bonds. The highest BCUT2D eigenvalue weighted by Crippen LogP contribution is 2.38. The molecule has 1 rings (SSSR count). The van der Waals surface area contributed by atoms with E-state index in [0.717, 1.165) is 19.3 Å². The van der Waals surface area contributed by atoms with Crippen LogP contribution >= 0.6 is 0 Å². The second-order valence-corrected chi connectivity index (χ2v) is 4.37.